The van der Waals surface area contributed by atoms with E-state index < -0.39 is 21.6 Å². The number of nitrogens with zero attached hydrogens (tertiary/aromatic N) is 1. The fourth-order valence-electron chi connectivity index (χ4n) is 1.94. The van der Waals surface area contributed by atoms with Crippen LogP contribution in [0, 0.1) is 13.8 Å². The highest BCUT2D eigenvalue weighted by Crippen LogP contribution is 2.24. The van der Waals surface area contributed by atoms with E-state index >= 15 is 0 Å². The van der Waals surface area contributed by atoms with E-state index in [9.17, 15) is 18.0 Å². The van der Waals surface area contributed by atoms with Gasteiger partial charge in [0.2, 0.25) is 0 Å². The third-order valence-electron chi connectivity index (χ3n) is 2.77. The molecule has 2 rings (SSSR count). The zero-order valence-corrected chi connectivity index (χ0v) is 11.9. The monoisotopic (exact) mass is 312 g/mol. The number of hydrogen-bond donors (Lipinski definition) is 4. The van der Waals surface area contributed by atoms with Gasteiger partial charge in [0, 0.05) is 17.3 Å². The van der Waals surface area contributed by atoms with Gasteiger partial charge in [-0.15, -0.1) is 0 Å². The van der Waals surface area contributed by atoms with E-state index in [0.717, 1.165) is 6.07 Å². The van der Waals surface area contributed by atoms with Gasteiger partial charge in [-0.25, -0.2) is 18.3 Å². The molecule has 10 heteroatoms. The van der Waals surface area contributed by atoms with Gasteiger partial charge in [0.25, 0.3) is 15.6 Å². The highest BCUT2D eigenvalue weighted by atomic mass is 32.2. The molecule has 0 amide bonds. The Balaban J connectivity index is 2.47. The summed E-state index contributed by atoms with van der Waals surface area (Å²) in [6.45, 7) is 2.84. The molecule has 0 aromatic carbocycles. The summed E-state index contributed by atoms with van der Waals surface area (Å²) in [5.41, 5.74) is -0.374. The summed E-state index contributed by atoms with van der Waals surface area (Å²) in [7, 11) is -4.03. The van der Waals surface area contributed by atoms with Crippen molar-refractivity contribution in [1.82, 2.24) is 15.2 Å². The van der Waals surface area contributed by atoms with Gasteiger partial charge in [0.05, 0.1) is 0 Å². The fraction of sp³-hybridized carbons (Fsp3) is 0.182. The Labute approximate surface area is 119 Å². The van der Waals surface area contributed by atoms with Crippen molar-refractivity contribution in [3.05, 3.63) is 39.4 Å². The Bertz CT molecular complexity index is 845. The highest BCUT2D eigenvalue weighted by molar-refractivity contribution is 7.92. The average Bonchev–Trinajstić information content (AvgIpc) is 2.68. The van der Waals surface area contributed by atoms with Crippen molar-refractivity contribution < 1.29 is 18.3 Å². The molecule has 0 aliphatic heterocycles. The van der Waals surface area contributed by atoms with Gasteiger partial charge >= 0.3 is 5.97 Å². The van der Waals surface area contributed by atoms with Gasteiger partial charge in [0.15, 0.2) is 5.82 Å². The van der Waals surface area contributed by atoms with Crippen LogP contribution in [0.4, 0.5) is 5.82 Å². The summed E-state index contributed by atoms with van der Waals surface area (Å²) in [5, 5.41) is 14.6. The second-order valence-electron chi connectivity index (χ2n) is 4.30. The van der Waals surface area contributed by atoms with Gasteiger partial charge in [-0.05, 0) is 19.9 Å². The minimum absolute atomic E-state index is 0.0773. The number of H-pyrrole nitrogens is 2. The average molecular weight is 312 g/mol. The molecule has 0 saturated carbocycles. The van der Waals surface area contributed by atoms with Crippen molar-refractivity contribution in [2.75, 3.05) is 4.72 Å². The van der Waals surface area contributed by atoms with Crippen LogP contribution in [0.3, 0.4) is 0 Å². The molecule has 0 spiro atoms. The lowest BCUT2D eigenvalue weighted by molar-refractivity contribution is 0.0690. The lowest BCUT2D eigenvalue weighted by Gasteiger charge is -2.07. The molecule has 0 fully saturated rings. The minimum Gasteiger partial charge on any atom is -0.477 e. The van der Waals surface area contributed by atoms with Crippen molar-refractivity contribution in [2.24, 2.45) is 0 Å². The molecule has 112 valence electrons. The first-order valence-corrected chi connectivity index (χ1v) is 7.21. The molecular formula is C11H12N4O5S. The van der Waals surface area contributed by atoms with Crippen molar-refractivity contribution in [3.8, 4) is 0 Å². The maximum Gasteiger partial charge on any atom is 0.352 e. The number of aromatic amines is 2. The molecule has 0 bridgehead atoms. The Morgan fingerprint density at radius 1 is 1.33 bits per heavy atom. The summed E-state index contributed by atoms with van der Waals surface area (Å²) in [6, 6.07) is 2.32. The first-order chi connectivity index (χ1) is 9.72. The topological polar surface area (TPSA) is 145 Å². The Morgan fingerprint density at radius 2 is 2.00 bits per heavy atom. The summed E-state index contributed by atoms with van der Waals surface area (Å²) in [5.74, 6) is -1.33. The third-order valence-corrected chi connectivity index (χ3v) is 4.40. The Hall–Kier alpha value is -2.62. The molecule has 0 aliphatic carbocycles. The largest absolute Gasteiger partial charge is 0.477 e. The van der Waals surface area contributed by atoms with Gasteiger partial charge in [-0.2, -0.15) is 5.10 Å². The number of sulfonamides is 1. The van der Waals surface area contributed by atoms with Gasteiger partial charge in [0.1, 0.15) is 10.6 Å². The predicted octanol–water partition coefficient (Wildman–Crippen LogP) is 0.214. The van der Waals surface area contributed by atoms with Crippen LogP contribution < -0.4 is 10.3 Å². The van der Waals surface area contributed by atoms with E-state index in [1.807, 2.05) is 0 Å². The zero-order valence-electron chi connectivity index (χ0n) is 11.1. The number of aryl methyl sites for hydroxylation is 1. The van der Waals surface area contributed by atoms with Gasteiger partial charge in [-0.3, -0.25) is 9.52 Å². The number of aromatic nitrogens is 3. The van der Waals surface area contributed by atoms with Crippen LogP contribution in [-0.4, -0.2) is 34.7 Å². The zero-order chi connectivity index (χ0) is 15.8. The molecule has 0 saturated heterocycles. The van der Waals surface area contributed by atoms with Gasteiger partial charge < -0.3 is 10.1 Å². The van der Waals surface area contributed by atoms with Crippen molar-refractivity contribution in [3.63, 3.8) is 0 Å². The molecule has 0 unspecified atom stereocenters. The molecule has 9 nitrogen and oxygen atoms in total. The lowest BCUT2D eigenvalue weighted by Crippen LogP contribution is -2.17. The summed E-state index contributed by atoms with van der Waals surface area (Å²) in [6.07, 6.45) is 0. The van der Waals surface area contributed by atoms with Crippen LogP contribution in [0.1, 0.15) is 21.7 Å². The van der Waals surface area contributed by atoms with Crippen LogP contribution in [0.5, 0.6) is 0 Å². The SMILES string of the molecule is Cc1[nH]c(C(=O)O)c(C)c1S(=O)(=O)Nc1ccc(=O)[nH]n1. The van der Waals surface area contributed by atoms with E-state index in [1.54, 1.807) is 0 Å². The fourth-order valence-corrected chi connectivity index (χ4v) is 3.39. The molecule has 0 radical (unpaired) electrons. The van der Waals surface area contributed by atoms with E-state index in [-0.39, 0.29) is 27.7 Å². The summed E-state index contributed by atoms with van der Waals surface area (Å²) >= 11 is 0. The quantitative estimate of drug-likeness (QED) is 0.635. The second-order valence-corrected chi connectivity index (χ2v) is 5.92. The molecule has 2 aromatic rings. The smallest absolute Gasteiger partial charge is 0.352 e. The molecule has 21 heavy (non-hydrogen) atoms. The maximum absolute atomic E-state index is 12.3. The van der Waals surface area contributed by atoms with Crippen molar-refractivity contribution in [1.29, 1.82) is 0 Å². The number of nitrogens with one attached hydrogen (secondary N) is 3. The van der Waals surface area contributed by atoms with E-state index in [0.29, 0.717) is 0 Å². The van der Waals surface area contributed by atoms with Crippen LogP contribution in [0.15, 0.2) is 21.8 Å². The Morgan fingerprint density at radius 3 is 2.48 bits per heavy atom. The first kappa shape index (κ1) is 14.8. The molecule has 0 atom stereocenters. The maximum atomic E-state index is 12.3. The highest BCUT2D eigenvalue weighted by Gasteiger charge is 2.26. The van der Waals surface area contributed by atoms with Crippen LogP contribution >= 0.6 is 0 Å². The number of carbonyl (C=O) groups is 1. The van der Waals surface area contributed by atoms with E-state index in [4.69, 9.17) is 5.11 Å². The number of hydrogen-bond acceptors (Lipinski definition) is 5. The standard InChI is InChI=1S/C11H12N4O5S/c1-5-9(11(17)18)12-6(2)10(5)21(19,20)15-7-3-4-8(16)14-13-7/h3-4,12H,1-2H3,(H,13,15)(H,14,16)(H,17,18). The van der Waals surface area contributed by atoms with Crippen molar-refractivity contribution >= 4 is 21.8 Å². The predicted molar refractivity (Wildman–Crippen MR) is 72.9 cm³/mol. The molecular weight excluding hydrogens is 300 g/mol. The molecule has 2 heterocycles. The molecule has 0 aliphatic rings. The third kappa shape index (κ3) is 2.79. The number of anilines is 1. The van der Waals surface area contributed by atoms with E-state index in [1.165, 1.54) is 19.9 Å². The number of carboxylic acid groups (broad SMARTS) is 1. The Kier molecular flexibility index (Phi) is 3.56. The van der Waals surface area contributed by atoms with Gasteiger partial charge in [-0.1, -0.05) is 0 Å². The van der Waals surface area contributed by atoms with Crippen LogP contribution in [0.2, 0.25) is 0 Å². The normalized spacial score (nSPS) is 11.3. The van der Waals surface area contributed by atoms with E-state index in [2.05, 4.69) is 19.9 Å². The minimum atomic E-state index is -4.03. The summed E-state index contributed by atoms with van der Waals surface area (Å²) < 4.78 is 26.8. The van der Waals surface area contributed by atoms with Crippen LogP contribution in [0.25, 0.3) is 0 Å². The summed E-state index contributed by atoms with van der Waals surface area (Å²) in [4.78, 5) is 24.2. The molecule has 4 N–H and O–H groups in total. The van der Waals surface area contributed by atoms with Crippen LogP contribution in [-0.2, 0) is 10.0 Å². The number of aromatic carboxylic acids is 1. The second kappa shape index (κ2) is 5.05. The number of carboxylic acids is 1. The lowest BCUT2D eigenvalue weighted by atomic mass is 10.2. The van der Waals surface area contributed by atoms with Crippen molar-refractivity contribution in [2.45, 2.75) is 18.7 Å². The first-order valence-electron chi connectivity index (χ1n) is 5.73. The molecule has 2 aromatic heterocycles. The number of rotatable bonds is 4.